The van der Waals surface area contributed by atoms with E-state index >= 15 is 0 Å². The van der Waals surface area contributed by atoms with Crippen LogP contribution in [0.25, 0.3) is 0 Å². The highest BCUT2D eigenvalue weighted by molar-refractivity contribution is 6.06. The molecule has 0 spiro atoms. The quantitative estimate of drug-likeness (QED) is 0.844. The lowest BCUT2D eigenvalue weighted by molar-refractivity contribution is 0.0991. The first-order chi connectivity index (χ1) is 8.63. The number of benzene rings is 1. The van der Waals surface area contributed by atoms with Gasteiger partial charge in [-0.25, -0.2) is 0 Å². The van der Waals surface area contributed by atoms with E-state index in [0.29, 0.717) is 23.4 Å². The minimum atomic E-state index is -0.0915. The summed E-state index contributed by atoms with van der Waals surface area (Å²) in [5.41, 5.74) is 7.72. The van der Waals surface area contributed by atoms with Crippen molar-refractivity contribution < 1.29 is 9.21 Å². The molecule has 1 aromatic carbocycles. The summed E-state index contributed by atoms with van der Waals surface area (Å²) in [7, 11) is 1.73. The molecule has 0 saturated heterocycles. The second-order valence-corrected chi connectivity index (χ2v) is 4.07. The van der Waals surface area contributed by atoms with Gasteiger partial charge in [0, 0.05) is 24.8 Å². The van der Waals surface area contributed by atoms with Crippen LogP contribution in [0.3, 0.4) is 0 Å². The van der Waals surface area contributed by atoms with Crippen molar-refractivity contribution >= 4 is 17.3 Å². The molecule has 0 fully saturated rings. The van der Waals surface area contributed by atoms with Gasteiger partial charge >= 0.3 is 0 Å². The molecule has 2 aromatic rings. The van der Waals surface area contributed by atoms with Crippen molar-refractivity contribution in [2.45, 2.75) is 13.3 Å². The van der Waals surface area contributed by atoms with Crippen molar-refractivity contribution in [3.8, 4) is 0 Å². The second-order valence-electron chi connectivity index (χ2n) is 4.07. The van der Waals surface area contributed by atoms with Gasteiger partial charge in [0.15, 0.2) is 0 Å². The summed E-state index contributed by atoms with van der Waals surface area (Å²) in [6.45, 7) is 1.95. The summed E-state index contributed by atoms with van der Waals surface area (Å²) in [4.78, 5) is 13.9. The zero-order chi connectivity index (χ0) is 13.1. The van der Waals surface area contributed by atoms with Crippen LogP contribution >= 0.6 is 0 Å². The van der Waals surface area contributed by atoms with Crippen molar-refractivity contribution in [2.24, 2.45) is 0 Å². The molecule has 0 radical (unpaired) electrons. The summed E-state index contributed by atoms with van der Waals surface area (Å²) in [5.74, 6) is 0.613. The number of carbonyl (C=O) groups is 1. The fourth-order valence-electron chi connectivity index (χ4n) is 1.84. The van der Waals surface area contributed by atoms with Crippen molar-refractivity contribution in [1.82, 2.24) is 0 Å². The minimum absolute atomic E-state index is 0.0915. The first-order valence-corrected chi connectivity index (χ1v) is 5.83. The number of hydrogen-bond acceptors (Lipinski definition) is 3. The molecule has 0 atom stereocenters. The number of carbonyl (C=O) groups excluding carboxylic acids is 1. The van der Waals surface area contributed by atoms with E-state index in [9.17, 15) is 4.79 Å². The highest BCUT2D eigenvalue weighted by atomic mass is 16.3. The fraction of sp³-hybridized carbons (Fsp3) is 0.214. The van der Waals surface area contributed by atoms with Gasteiger partial charge in [-0.3, -0.25) is 4.79 Å². The molecular formula is C14H16N2O2. The lowest BCUT2D eigenvalue weighted by atomic mass is 10.1. The predicted molar refractivity (Wildman–Crippen MR) is 71.7 cm³/mol. The summed E-state index contributed by atoms with van der Waals surface area (Å²) in [6, 6.07) is 8.93. The van der Waals surface area contributed by atoms with Gasteiger partial charge in [-0.05, 0) is 24.3 Å². The van der Waals surface area contributed by atoms with Crippen LogP contribution in [-0.4, -0.2) is 13.0 Å². The zero-order valence-corrected chi connectivity index (χ0v) is 10.5. The Bertz CT molecular complexity index is 560. The number of anilines is 2. The normalized spacial score (nSPS) is 10.3. The van der Waals surface area contributed by atoms with Crippen LogP contribution in [0.15, 0.2) is 41.0 Å². The number of aryl methyl sites for hydroxylation is 1. The van der Waals surface area contributed by atoms with Crippen LogP contribution in [0.5, 0.6) is 0 Å². The van der Waals surface area contributed by atoms with Gasteiger partial charge in [-0.15, -0.1) is 0 Å². The van der Waals surface area contributed by atoms with Crippen LogP contribution in [0.2, 0.25) is 0 Å². The molecule has 94 valence electrons. The molecule has 1 aromatic heterocycles. The highest BCUT2D eigenvalue weighted by Gasteiger charge is 2.18. The fourth-order valence-corrected chi connectivity index (χ4v) is 1.84. The molecule has 1 amide bonds. The molecule has 0 saturated carbocycles. The van der Waals surface area contributed by atoms with Crippen molar-refractivity contribution in [1.29, 1.82) is 0 Å². The maximum atomic E-state index is 12.3. The third-order valence-corrected chi connectivity index (χ3v) is 2.86. The Morgan fingerprint density at radius 1 is 1.39 bits per heavy atom. The van der Waals surface area contributed by atoms with Gasteiger partial charge in [-0.2, -0.15) is 0 Å². The average molecular weight is 244 g/mol. The third-order valence-electron chi connectivity index (χ3n) is 2.86. The molecule has 4 heteroatoms. The highest BCUT2D eigenvalue weighted by Crippen LogP contribution is 2.20. The first-order valence-electron chi connectivity index (χ1n) is 5.83. The monoisotopic (exact) mass is 244 g/mol. The minimum Gasteiger partial charge on any atom is -0.469 e. The van der Waals surface area contributed by atoms with Crippen molar-refractivity contribution in [2.75, 3.05) is 17.7 Å². The predicted octanol–water partition coefficient (Wildman–Crippen LogP) is 2.70. The van der Waals surface area contributed by atoms with Crippen LogP contribution < -0.4 is 10.6 Å². The average Bonchev–Trinajstić information content (AvgIpc) is 2.85. The lowest BCUT2D eigenvalue weighted by Gasteiger charge is -2.17. The van der Waals surface area contributed by atoms with Crippen LogP contribution in [0.1, 0.15) is 23.0 Å². The van der Waals surface area contributed by atoms with E-state index in [4.69, 9.17) is 10.2 Å². The van der Waals surface area contributed by atoms with Gasteiger partial charge < -0.3 is 15.1 Å². The Morgan fingerprint density at radius 3 is 2.83 bits per heavy atom. The lowest BCUT2D eigenvalue weighted by Crippen LogP contribution is -2.26. The third kappa shape index (κ3) is 2.22. The van der Waals surface area contributed by atoms with Crippen LogP contribution in [0, 0.1) is 0 Å². The number of furan rings is 1. The molecule has 0 unspecified atom stereocenters. The SMILES string of the molecule is CCc1occc1C(=O)N(C)c1cccc(N)c1. The Labute approximate surface area is 106 Å². The van der Waals surface area contributed by atoms with Gasteiger partial charge in [0.25, 0.3) is 5.91 Å². The standard InChI is InChI=1S/C14H16N2O2/c1-3-13-12(7-8-18-13)14(17)16(2)11-6-4-5-10(15)9-11/h4-9H,3,15H2,1-2H3. The summed E-state index contributed by atoms with van der Waals surface area (Å²) >= 11 is 0. The number of hydrogen-bond donors (Lipinski definition) is 1. The first kappa shape index (κ1) is 12.2. The molecule has 2 N–H and O–H groups in total. The van der Waals surface area contributed by atoms with Gasteiger partial charge in [0.05, 0.1) is 11.8 Å². The van der Waals surface area contributed by atoms with E-state index in [1.54, 1.807) is 36.4 Å². The zero-order valence-electron chi connectivity index (χ0n) is 10.5. The number of nitrogens with zero attached hydrogens (tertiary/aromatic N) is 1. The van der Waals surface area contributed by atoms with Crippen LogP contribution in [-0.2, 0) is 6.42 Å². The molecular weight excluding hydrogens is 228 g/mol. The maximum Gasteiger partial charge on any atom is 0.261 e. The Balaban J connectivity index is 2.29. The molecule has 0 bridgehead atoms. The van der Waals surface area contributed by atoms with E-state index in [-0.39, 0.29) is 5.91 Å². The second kappa shape index (κ2) is 4.96. The van der Waals surface area contributed by atoms with Gasteiger partial charge in [-0.1, -0.05) is 13.0 Å². The van der Waals surface area contributed by atoms with E-state index in [0.717, 1.165) is 5.69 Å². The molecule has 0 aliphatic rings. The molecule has 0 aliphatic heterocycles. The van der Waals surface area contributed by atoms with E-state index in [1.807, 2.05) is 19.1 Å². The van der Waals surface area contributed by atoms with Gasteiger partial charge in [0.1, 0.15) is 5.76 Å². The van der Waals surface area contributed by atoms with Crippen molar-refractivity contribution in [3.05, 3.63) is 47.9 Å². The number of nitrogens with two attached hydrogens (primary N) is 1. The molecule has 4 nitrogen and oxygen atoms in total. The number of nitrogen functional groups attached to an aromatic ring is 1. The summed E-state index contributed by atoms with van der Waals surface area (Å²) < 4.78 is 5.27. The summed E-state index contributed by atoms with van der Waals surface area (Å²) in [5, 5.41) is 0. The molecule has 1 heterocycles. The van der Waals surface area contributed by atoms with Gasteiger partial charge in [0.2, 0.25) is 0 Å². The topological polar surface area (TPSA) is 59.5 Å². The Morgan fingerprint density at radius 2 is 2.17 bits per heavy atom. The van der Waals surface area contributed by atoms with E-state index < -0.39 is 0 Å². The summed E-state index contributed by atoms with van der Waals surface area (Å²) in [6.07, 6.45) is 2.23. The molecule has 2 rings (SSSR count). The molecule has 0 aliphatic carbocycles. The Kier molecular flexibility index (Phi) is 3.37. The van der Waals surface area contributed by atoms with E-state index in [1.165, 1.54) is 0 Å². The Hall–Kier alpha value is -2.23. The largest absolute Gasteiger partial charge is 0.469 e. The number of amides is 1. The van der Waals surface area contributed by atoms with E-state index in [2.05, 4.69) is 0 Å². The smallest absolute Gasteiger partial charge is 0.261 e. The maximum absolute atomic E-state index is 12.3. The van der Waals surface area contributed by atoms with Crippen LogP contribution in [0.4, 0.5) is 11.4 Å². The molecule has 18 heavy (non-hydrogen) atoms. The number of rotatable bonds is 3. The van der Waals surface area contributed by atoms with Crippen molar-refractivity contribution in [3.63, 3.8) is 0 Å².